The second kappa shape index (κ2) is 73.8. The highest BCUT2D eigenvalue weighted by Gasteiger charge is 2.37. The number of carboxylic acids is 2. The summed E-state index contributed by atoms with van der Waals surface area (Å²) in [6.07, 6.45) is -3.03. The lowest BCUT2D eigenvalue weighted by Gasteiger charge is -2.29. The topological polar surface area (TPSA) is 724 Å². The molecule has 0 aromatic carbocycles. The van der Waals surface area contributed by atoms with Gasteiger partial charge in [-0.25, -0.2) is 4.79 Å². The Kier molecular flexibility index (Phi) is 68.5. The fraction of sp³-hybridized carbons (Fsp3) is 0.795. The number of aliphatic imine (C=N–C) groups is 2. The van der Waals surface area contributed by atoms with E-state index in [0.717, 1.165) is 6.92 Å². The summed E-state index contributed by atoms with van der Waals surface area (Å²) in [5, 5.41) is 56.7. The lowest BCUT2D eigenvalue weighted by molar-refractivity contribution is -0.141. The van der Waals surface area contributed by atoms with Crippen LogP contribution in [0.2, 0.25) is 0 Å². The zero-order valence-electron chi connectivity index (χ0n) is 74.6. The van der Waals surface area contributed by atoms with Crippen LogP contribution in [0.5, 0.6) is 0 Å². The summed E-state index contributed by atoms with van der Waals surface area (Å²) in [7, 11) is 0. The van der Waals surface area contributed by atoms with Gasteiger partial charge in [0, 0.05) is 38.2 Å². The third-order valence-electron chi connectivity index (χ3n) is 17.4. The highest BCUT2D eigenvalue weighted by Crippen LogP contribution is 2.13. The van der Waals surface area contributed by atoms with Gasteiger partial charge in [0.25, 0.3) is 0 Å². The van der Waals surface area contributed by atoms with Crippen LogP contribution in [0.1, 0.15) is 126 Å². The third kappa shape index (κ3) is 64.3. The van der Waals surface area contributed by atoms with E-state index in [0.29, 0.717) is 125 Å². The van der Waals surface area contributed by atoms with Crippen molar-refractivity contribution in [3.05, 3.63) is 0 Å². The van der Waals surface area contributed by atoms with E-state index >= 15 is 0 Å². The molecule has 0 heterocycles. The van der Waals surface area contributed by atoms with Crippen molar-refractivity contribution in [2.75, 3.05) is 190 Å². The van der Waals surface area contributed by atoms with E-state index in [1.165, 1.54) is 6.92 Å². The fourth-order valence-electron chi connectivity index (χ4n) is 10.9. The third-order valence-corrected chi connectivity index (χ3v) is 17.8. The van der Waals surface area contributed by atoms with E-state index < -0.39 is 169 Å². The largest absolute Gasteiger partial charge is 0.481 e. The van der Waals surface area contributed by atoms with Gasteiger partial charge < -0.3 is 165 Å². The Labute approximate surface area is 747 Å². The molecular formula is C78H145N19O29S. The minimum absolute atomic E-state index is 0.00811. The van der Waals surface area contributed by atoms with Gasteiger partial charge in [0.2, 0.25) is 70.9 Å². The molecule has 127 heavy (non-hydrogen) atoms. The van der Waals surface area contributed by atoms with E-state index in [9.17, 15) is 77.3 Å². The Morgan fingerprint density at radius 2 is 0.685 bits per heavy atom. The van der Waals surface area contributed by atoms with Gasteiger partial charge in [-0.1, -0.05) is 41.5 Å². The summed E-state index contributed by atoms with van der Waals surface area (Å²) in [6.45, 7) is 20.2. The predicted molar refractivity (Wildman–Crippen MR) is 464 cm³/mol. The van der Waals surface area contributed by atoms with Gasteiger partial charge in [0.15, 0.2) is 11.9 Å². The van der Waals surface area contributed by atoms with Gasteiger partial charge in [-0.05, 0) is 83.0 Å². The number of primary amides is 1. The van der Waals surface area contributed by atoms with Gasteiger partial charge in [0.05, 0.1) is 184 Å². The SMILES string of the molecule is CC(C)C[C@H](NC(=O)[C@H](CCC(N)=O)NC(=O)[C@H](CCCN=C(N)N)NC(=O)[C@H](CC(C)C)NC(=O)[C@@H](NC(=O)[C@H](C)NC(=O)[C@H](CC(C)C)NC(=O)[C@H](CC(=O)O)NC(=O)CNC(=O)[C@@H](N)CCCN=C(N)N)[C@@H](C)O)C(=O)NCCOCCOCCOCCOCCOCCOCCOCCOCCOCCOCCOCCOCCC(=O)N[C@@H](CS)C(=O)O. The van der Waals surface area contributed by atoms with Gasteiger partial charge in [-0.3, -0.25) is 72.3 Å². The maximum absolute atomic E-state index is 14.4. The molecule has 0 aromatic heterocycles. The Balaban J connectivity index is 5.22. The quantitative estimate of drug-likeness (QED) is 0.0116. The number of carbonyl (C=O) groups excluding carboxylic acids is 12. The molecule has 0 aromatic rings. The van der Waals surface area contributed by atoms with Crippen molar-refractivity contribution in [3.63, 3.8) is 0 Å². The molecule has 0 unspecified atom stereocenters. The number of aliphatic carboxylic acids is 2. The van der Waals surface area contributed by atoms with Crippen molar-refractivity contribution in [1.29, 1.82) is 0 Å². The molecule has 0 aliphatic rings. The van der Waals surface area contributed by atoms with Gasteiger partial charge >= 0.3 is 11.9 Å². The zero-order chi connectivity index (χ0) is 95.3. The van der Waals surface area contributed by atoms with Crippen LogP contribution in [0, 0.1) is 17.8 Å². The van der Waals surface area contributed by atoms with E-state index in [1.807, 2.05) is 13.8 Å². The van der Waals surface area contributed by atoms with Gasteiger partial charge in [-0.15, -0.1) is 0 Å². The minimum Gasteiger partial charge on any atom is -0.481 e. The molecule has 12 amide bonds. The molecule has 49 heteroatoms. The van der Waals surface area contributed by atoms with Crippen molar-refractivity contribution in [1.82, 2.24) is 58.5 Å². The highest BCUT2D eigenvalue weighted by molar-refractivity contribution is 7.80. The molecule has 0 saturated carbocycles. The summed E-state index contributed by atoms with van der Waals surface area (Å²) in [5.74, 6) is -14.4. The Hall–Kier alpha value is -9.09. The molecule has 0 aliphatic carbocycles. The van der Waals surface area contributed by atoms with Gasteiger partial charge in [-0.2, -0.15) is 12.6 Å². The number of aliphatic hydroxyl groups is 1. The van der Waals surface area contributed by atoms with Crippen LogP contribution in [0.3, 0.4) is 0 Å². The van der Waals surface area contributed by atoms with E-state index in [1.54, 1.807) is 27.7 Å². The number of aliphatic hydroxyl groups excluding tert-OH is 1. The normalized spacial score (nSPS) is 13.9. The Bertz CT molecular complexity index is 3240. The zero-order valence-corrected chi connectivity index (χ0v) is 75.5. The number of thiol groups is 1. The first kappa shape index (κ1) is 118. The summed E-state index contributed by atoms with van der Waals surface area (Å²) in [5.41, 5.74) is 33.1. The van der Waals surface area contributed by atoms with Crippen molar-refractivity contribution in [2.45, 2.75) is 193 Å². The number of hydrogen-bond donors (Lipinski definition) is 21. The molecular weight excluding hydrogens is 1700 g/mol. The molecule has 0 rings (SSSR count). The molecule has 26 N–H and O–H groups in total. The number of nitrogens with one attached hydrogen (secondary N) is 11. The molecule has 0 fully saturated rings. The first-order chi connectivity index (χ1) is 60.4. The second-order valence-corrected chi connectivity index (χ2v) is 30.5. The van der Waals surface area contributed by atoms with Crippen LogP contribution in [0.25, 0.3) is 0 Å². The first-order valence-corrected chi connectivity index (χ1v) is 43.1. The summed E-state index contributed by atoms with van der Waals surface area (Å²) >= 11 is 3.90. The van der Waals surface area contributed by atoms with Crippen molar-refractivity contribution in [2.24, 2.45) is 62.1 Å². The van der Waals surface area contributed by atoms with Crippen LogP contribution in [-0.2, 0) is 124 Å². The fourth-order valence-corrected chi connectivity index (χ4v) is 11.2. The summed E-state index contributed by atoms with van der Waals surface area (Å²) < 4.78 is 66.0. The number of hydrogen-bond acceptors (Lipinski definition) is 31. The highest BCUT2D eigenvalue weighted by atomic mass is 32.1. The number of ether oxygens (including phenoxy) is 12. The van der Waals surface area contributed by atoms with Crippen molar-refractivity contribution < 1.29 is 139 Å². The number of guanidine groups is 2. The first-order valence-electron chi connectivity index (χ1n) is 42.5. The van der Waals surface area contributed by atoms with E-state index in [4.69, 9.17) is 96.4 Å². The maximum atomic E-state index is 14.4. The molecule has 11 atom stereocenters. The molecule has 0 spiro atoms. The van der Waals surface area contributed by atoms with Crippen molar-refractivity contribution in [3.8, 4) is 0 Å². The average Bonchev–Trinajstić information content (AvgIpc) is 0.847. The van der Waals surface area contributed by atoms with Crippen LogP contribution >= 0.6 is 12.6 Å². The Morgan fingerprint density at radius 1 is 0.346 bits per heavy atom. The van der Waals surface area contributed by atoms with Crippen LogP contribution < -0.4 is 92.9 Å². The van der Waals surface area contributed by atoms with E-state index in [2.05, 4.69) is 81.1 Å². The average molecular weight is 1850 g/mol. The van der Waals surface area contributed by atoms with Crippen molar-refractivity contribution >= 4 is 107 Å². The number of carbonyl (C=O) groups is 14. The van der Waals surface area contributed by atoms with Crippen LogP contribution in [-0.4, -0.2) is 367 Å². The second-order valence-electron chi connectivity index (χ2n) is 30.1. The molecule has 732 valence electrons. The number of rotatable bonds is 81. The smallest absolute Gasteiger partial charge is 0.327 e. The number of amides is 12. The lowest BCUT2D eigenvalue weighted by Crippen LogP contribution is -2.61. The lowest BCUT2D eigenvalue weighted by atomic mass is 10.0. The predicted octanol–water partition coefficient (Wildman–Crippen LogP) is -7.10. The van der Waals surface area contributed by atoms with Gasteiger partial charge in [0.1, 0.15) is 54.4 Å². The molecule has 48 nitrogen and oxygen atoms in total. The maximum Gasteiger partial charge on any atom is 0.327 e. The number of nitrogens with zero attached hydrogens (tertiary/aromatic N) is 2. The molecule has 0 aliphatic heterocycles. The minimum atomic E-state index is -1.80. The van der Waals surface area contributed by atoms with Crippen LogP contribution in [0.4, 0.5) is 0 Å². The summed E-state index contributed by atoms with van der Waals surface area (Å²) in [4.78, 5) is 192. The van der Waals surface area contributed by atoms with Crippen LogP contribution in [0.15, 0.2) is 9.98 Å². The number of carboxylic acid groups (broad SMARTS) is 2. The molecule has 0 radical (unpaired) electrons. The van der Waals surface area contributed by atoms with E-state index in [-0.39, 0.29) is 146 Å². The molecule has 0 saturated heterocycles. The molecule has 0 bridgehead atoms. The summed E-state index contributed by atoms with van der Waals surface area (Å²) in [6, 6.07) is -14.3. The Morgan fingerprint density at radius 3 is 1.06 bits per heavy atom. The standard InChI is InChI=1S/C78H145N19O29S/c1-49(2)43-57(69(106)85-18-20-116-22-24-118-26-28-120-30-32-122-34-36-124-38-40-126-42-41-125-39-37-123-35-33-121-31-29-119-27-25-117-23-21-115-19-15-63(100)91-61(48-127)76(113)114)94-71(108)56(13-14-62(80)99)93-70(107)55(12-10-17-87-78(83)84)92-73(110)59(45-51(5)6)96-75(112)66(53(8)98)97-67(104)52(7)89-72(109)58(44-50(3)4)95-74(111)60(46-65(102)103)90-64(101)47-88-68(105)54(79)11-9-16-86-77(81)82/h49-61,66,98,127H,9-48,79H2,1-8H3,(H2,80,99)(H,85,106)(H,88,105)(H,89,109)(H,90,101)(H,91,100)(H,92,110)(H,93,107)(H,94,108)(H,95,111)(H,96,112)(H,97,104)(H,102,103)(H,113,114)(H4,81,82,86)(H4,83,84,87)/t52-,53+,54-,55-,56-,57-,58-,59-,60-,61-,66-/m0/s1. The number of nitrogens with two attached hydrogens (primary N) is 6. The monoisotopic (exact) mass is 1840 g/mol.